The minimum atomic E-state index is -0.910. The number of nitrogens with one attached hydrogen (secondary N) is 1. The van der Waals surface area contributed by atoms with Crippen molar-refractivity contribution in [1.82, 2.24) is 34.6 Å². The second kappa shape index (κ2) is 10.6. The summed E-state index contributed by atoms with van der Waals surface area (Å²) in [6, 6.07) is 11.9. The average Bonchev–Trinajstić information content (AvgIpc) is 3.75. The molecule has 11 nitrogen and oxygen atoms in total. The van der Waals surface area contributed by atoms with Gasteiger partial charge < -0.3 is 9.64 Å². The van der Waals surface area contributed by atoms with E-state index < -0.39 is 17.5 Å². The molecule has 13 heteroatoms. The van der Waals surface area contributed by atoms with Crippen LogP contribution >= 0.6 is 0 Å². The van der Waals surface area contributed by atoms with Gasteiger partial charge >= 0.3 is 6.01 Å². The monoisotopic (exact) mass is 608 g/mol. The number of ether oxygens (including phenoxy) is 1. The van der Waals surface area contributed by atoms with E-state index in [0.29, 0.717) is 60.2 Å². The average molecular weight is 609 g/mol. The molecule has 3 fully saturated rings. The number of alkyl halides is 1. The number of fused-ring (bicyclic) bond motifs is 5. The molecule has 1 unspecified atom stereocenters. The van der Waals surface area contributed by atoms with Gasteiger partial charge in [0.15, 0.2) is 17.3 Å². The molecule has 3 aliphatic heterocycles. The second-order valence-electron chi connectivity index (χ2n) is 12.4. The molecule has 5 aromatic rings. The minimum Gasteiger partial charge on any atom is -0.461 e. The Morgan fingerprint density at radius 3 is 2.82 bits per heavy atom. The van der Waals surface area contributed by atoms with E-state index in [0.717, 1.165) is 37.6 Å². The van der Waals surface area contributed by atoms with Crippen LogP contribution in [0.25, 0.3) is 38.7 Å². The fraction of sp³-hybridized carbons (Fsp3) is 0.438. The predicted octanol–water partition coefficient (Wildman–Crippen LogP) is 4.94. The summed E-state index contributed by atoms with van der Waals surface area (Å²) >= 11 is 0. The highest BCUT2D eigenvalue weighted by Crippen LogP contribution is 2.41. The zero-order valence-corrected chi connectivity index (χ0v) is 24.5. The summed E-state index contributed by atoms with van der Waals surface area (Å²) in [7, 11) is 0. The lowest BCUT2D eigenvalue weighted by atomic mass is 9.95. The Bertz CT molecular complexity index is 2040. The van der Waals surface area contributed by atoms with Gasteiger partial charge in [0, 0.05) is 43.6 Å². The first-order chi connectivity index (χ1) is 22.0. The molecule has 0 radical (unpaired) electrons. The highest BCUT2D eigenvalue weighted by Gasteiger charge is 2.49. The first-order valence-corrected chi connectivity index (χ1v) is 15.4. The normalized spacial score (nSPS) is 23.8. The van der Waals surface area contributed by atoms with E-state index in [1.165, 1.54) is 0 Å². The summed E-state index contributed by atoms with van der Waals surface area (Å²) in [5, 5.41) is 27.6. The van der Waals surface area contributed by atoms with Gasteiger partial charge in [-0.2, -0.15) is 25.6 Å². The van der Waals surface area contributed by atoms with E-state index in [4.69, 9.17) is 9.72 Å². The Morgan fingerprint density at radius 1 is 1.07 bits per heavy atom. The van der Waals surface area contributed by atoms with Crippen LogP contribution in [0.15, 0.2) is 30.5 Å². The number of para-hydroxylation sites is 1. The van der Waals surface area contributed by atoms with Crippen molar-refractivity contribution in [2.24, 2.45) is 5.92 Å². The molecule has 0 bridgehead atoms. The lowest BCUT2D eigenvalue weighted by Gasteiger charge is -2.31. The third kappa shape index (κ3) is 4.37. The van der Waals surface area contributed by atoms with E-state index in [9.17, 15) is 14.9 Å². The molecule has 0 aliphatic carbocycles. The zero-order chi connectivity index (χ0) is 30.7. The smallest absolute Gasteiger partial charge is 0.319 e. The van der Waals surface area contributed by atoms with Gasteiger partial charge in [0.05, 0.1) is 28.0 Å². The largest absolute Gasteiger partial charge is 0.461 e. The van der Waals surface area contributed by atoms with Crippen LogP contribution in [-0.4, -0.2) is 79.1 Å². The molecule has 228 valence electrons. The van der Waals surface area contributed by atoms with Crippen molar-refractivity contribution in [2.75, 3.05) is 37.7 Å². The molecule has 0 spiro atoms. The molecule has 1 aromatic carbocycles. The van der Waals surface area contributed by atoms with Gasteiger partial charge in [0.2, 0.25) is 0 Å². The number of aromatic amines is 1. The van der Waals surface area contributed by atoms with Crippen LogP contribution in [0.3, 0.4) is 0 Å². The molecular weight excluding hydrogens is 578 g/mol. The maximum atomic E-state index is 16.9. The number of benzene rings is 1. The highest BCUT2D eigenvalue weighted by atomic mass is 19.1. The molecule has 8 rings (SSSR count). The first kappa shape index (κ1) is 27.7. The van der Waals surface area contributed by atoms with E-state index in [1.54, 1.807) is 10.8 Å². The van der Waals surface area contributed by atoms with Crippen LogP contribution in [0.1, 0.15) is 44.2 Å². The van der Waals surface area contributed by atoms with E-state index in [1.807, 2.05) is 24.3 Å². The number of rotatable bonds is 5. The van der Waals surface area contributed by atoms with E-state index >= 15 is 4.39 Å². The lowest BCUT2D eigenvalue weighted by Crippen LogP contribution is -2.43. The Balaban J connectivity index is 1.28. The van der Waals surface area contributed by atoms with Gasteiger partial charge in [-0.3, -0.25) is 14.6 Å². The number of nitrogens with zero attached hydrogens (tertiary/aromatic N) is 9. The van der Waals surface area contributed by atoms with Crippen molar-refractivity contribution in [3.8, 4) is 24.0 Å². The van der Waals surface area contributed by atoms with Crippen LogP contribution in [0, 0.1) is 34.4 Å². The summed E-state index contributed by atoms with van der Waals surface area (Å²) in [6.45, 7) is 2.62. The summed E-state index contributed by atoms with van der Waals surface area (Å²) in [6.07, 6.45) is 5.06. The Morgan fingerprint density at radius 2 is 1.96 bits per heavy atom. The Kier molecular flexibility index (Phi) is 6.53. The number of anilines is 1. The maximum absolute atomic E-state index is 16.9. The molecular formula is C32H30F2N10O. The van der Waals surface area contributed by atoms with E-state index in [2.05, 4.69) is 42.1 Å². The molecule has 3 atom stereocenters. The van der Waals surface area contributed by atoms with Crippen molar-refractivity contribution in [3.05, 3.63) is 42.0 Å². The summed E-state index contributed by atoms with van der Waals surface area (Å²) < 4.78 is 39.2. The molecule has 45 heavy (non-hydrogen) atoms. The molecule has 3 aliphatic rings. The fourth-order valence-electron chi connectivity index (χ4n) is 7.60. The minimum absolute atomic E-state index is 0.0155. The van der Waals surface area contributed by atoms with Gasteiger partial charge in [-0.15, -0.1) is 0 Å². The lowest BCUT2D eigenvalue weighted by molar-refractivity contribution is 0.107. The number of hydrogen-bond donors (Lipinski definition) is 1. The highest BCUT2D eigenvalue weighted by molar-refractivity contribution is 6.08. The molecule has 3 saturated heterocycles. The molecule has 0 amide bonds. The number of pyridine rings is 1. The van der Waals surface area contributed by atoms with Crippen molar-refractivity contribution >= 4 is 38.7 Å². The molecule has 1 N–H and O–H groups in total. The standard InChI is InChI=1S/C32H30F2N10O/c33-20-13-32(9-4-11-43(32)17-20)18-45-31-38-26-22(29(39-31)42-10-3-5-19(14-35)8-12-42)16-37-30(25(26)34)44-24-7-2-1-6-21(24)27-28(44)23(15-36)40-41-27/h1-2,6-7,16,19-20H,3-5,8-13,17-18H2,(H,40,41)/t19?,20-,32+/m1/s1. The van der Waals surface area contributed by atoms with Gasteiger partial charge in [0.25, 0.3) is 0 Å². The first-order valence-electron chi connectivity index (χ1n) is 15.4. The van der Waals surface area contributed by atoms with E-state index in [-0.39, 0.29) is 35.6 Å². The van der Waals surface area contributed by atoms with Gasteiger partial charge in [-0.25, -0.2) is 13.8 Å². The number of halogens is 2. The Labute approximate surface area is 257 Å². The van der Waals surface area contributed by atoms with Crippen LogP contribution in [0.5, 0.6) is 6.01 Å². The van der Waals surface area contributed by atoms with Crippen LogP contribution < -0.4 is 9.64 Å². The zero-order valence-electron chi connectivity index (χ0n) is 24.5. The van der Waals surface area contributed by atoms with Gasteiger partial charge in [-0.1, -0.05) is 18.2 Å². The van der Waals surface area contributed by atoms with Crippen LogP contribution in [0.2, 0.25) is 0 Å². The Hall–Kier alpha value is -4.88. The van der Waals surface area contributed by atoms with Crippen LogP contribution in [0.4, 0.5) is 14.6 Å². The van der Waals surface area contributed by atoms with Gasteiger partial charge in [-0.05, 0) is 44.7 Å². The van der Waals surface area contributed by atoms with Gasteiger partial charge in [0.1, 0.15) is 35.7 Å². The van der Waals surface area contributed by atoms with Crippen molar-refractivity contribution < 1.29 is 13.5 Å². The van der Waals surface area contributed by atoms with Crippen molar-refractivity contribution in [3.63, 3.8) is 0 Å². The van der Waals surface area contributed by atoms with Crippen molar-refractivity contribution in [1.29, 1.82) is 10.5 Å². The third-order valence-corrected chi connectivity index (χ3v) is 9.76. The number of nitriles is 2. The molecule has 4 aromatic heterocycles. The number of aromatic nitrogens is 6. The summed E-state index contributed by atoms with van der Waals surface area (Å²) in [4.78, 5) is 18.2. The van der Waals surface area contributed by atoms with Crippen molar-refractivity contribution in [2.45, 2.75) is 50.2 Å². The van der Waals surface area contributed by atoms with Crippen LogP contribution in [-0.2, 0) is 0 Å². The second-order valence-corrected chi connectivity index (χ2v) is 12.4. The SMILES string of the molecule is N#Cc1n[nH]c2c3ccccc3n(-c3ncc4c(N5CCCC(C#N)CC5)nc(OC[C@@]56CCCN5C[C@H](F)C6)nc4c3F)c12. The molecule has 0 saturated carbocycles. The predicted molar refractivity (Wildman–Crippen MR) is 162 cm³/mol. The molecule has 7 heterocycles. The number of H-pyrrole nitrogens is 1. The maximum Gasteiger partial charge on any atom is 0.319 e. The topological polar surface area (TPSA) is 136 Å². The fourth-order valence-corrected chi connectivity index (χ4v) is 7.60. The summed E-state index contributed by atoms with van der Waals surface area (Å²) in [5.41, 5.74) is 1.42. The summed E-state index contributed by atoms with van der Waals surface area (Å²) in [5.74, 6) is -0.286. The third-order valence-electron chi connectivity index (χ3n) is 9.76. The quantitative estimate of drug-likeness (QED) is 0.294. The number of hydrogen-bond acceptors (Lipinski definition) is 9.